The van der Waals surface area contributed by atoms with Gasteiger partial charge in [0.25, 0.3) is 0 Å². The van der Waals surface area contributed by atoms with Gasteiger partial charge in [0.1, 0.15) is 0 Å². The zero-order valence-electron chi connectivity index (χ0n) is 6.75. The van der Waals surface area contributed by atoms with E-state index in [0.29, 0.717) is 4.47 Å². The molecule has 1 aromatic carbocycles. The van der Waals surface area contributed by atoms with E-state index in [2.05, 4.69) is 31.9 Å². The molecule has 1 heterocycles. The van der Waals surface area contributed by atoms with Crippen molar-refractivity contribution in [2.45, 2.75) is 0 Å². The van der Waals surface area contributed by atoms with E-state index in [1.807, 2.05) is 11.4 Å². The Labute approximate surface area is 101 Å². The molecular weight excluding hydrogens is 332 g/mol. The topological polar surface area (TPSA) is 37.3 Å². The molecule has 0 spiro atoms. The SMILES string of the molecule is O=C(O)c1cc(Br)c2ccsc2c1Br. The van der Waals surface area contributed by atoms with Gasteiger partial charge in [0.15, 0.2) is 0 Å². The number of fused-ring (bicyclic) bond motifs is 1. The number of carboxylic acids is 1. The maximum Gasteiger partial charge on any atom is 0.336 e. The molecule has 2 rings (SSSR count). The van der Waals surface area contributed by atoms with E-state index in [4.69, 9.17) is 5.11 Å². The average molecular weight is 336 g/mol. The third kappa shape index (κ3) is 1.49. The predicted molar refractivity (Wildman–Crippen MR) is 64.2 cm³/mol. The molecule has 0 aliphatic rings. The lowest BCUT2D eigenvalue weighted by atomic mass is 10.2. The summed E-state index contributed by atoms with van der Waals surface area (Å²) in [6.45, 7) is 0. The molecule has 0 amide bonds. The zero-order valence-corrected chi connectivity index (χ0v) is 10.7. The van der Waals surface area contributed by atoms with Gasteiger partial charge < -0.3 is 5.11 Å². The maximum atomic E-state index is 10.9. The fraction of sp³-hybridized carbons (Fsp3) is 0. The Morgan fingerprint density at radius 3 is 2.79 bits per heavy atom. The summed E-state index contributed by atoms with van der Waals surface area (Å²) < 4.78 is 2.42. The van der Waals surface area contributed by atoms with E-state index in [9.17, 15) is 4.79 Å². The molecule has 0 saturated heterocycles. The van der Waals surface area contributed by atoms with Crippen LogP contribution in [0.15, 0.2) is 26.5 Å². The Hall–Kier alpha value is -0.390. The van der Waals surface area contributed by atoms with Crippen LogP contribution in [0.4, 0.5) is 0 Å². The second-order valence-electron chi connectivity index (χ2n) is 2.69. The Balaban J connectivity index is 2.88. The zero-order chi connectivity index (χ0) is 10.3. The van der Waals surface area contributed by atoms with Gasteiger partial charge in [0.2, 0.25) is 0 Å². The Kier molecular flexibility index (Phi) is 2.64. The van der Waals surface area contributed by atoms with Crippen LogP contribution in [-0.4, -0.2) is 11.1 Å². The summed E-state index contributed by atoms with van der Waals surface area (Å²) in [5.41, 5.74) is 0.284. The number of aromatic carboxylic acids is 1. The van der Waals surface area contributed by atoms with Gasteiger partial charge in [-0.1, -0.05) is 15.9 Å². The van der Waals surface area contributed by atoms with Gasteiger partial charge in [-0.25, -0.2) is 4.79 Å². The predicted octanol–water partition coefficient (Wildman–Crippen LogP) is 4.12. The van der Waals surface area contributed by atoms with Crippen molar-refractivity contribution in [1.82, 2.24) is 0 Å². The molecule has 0 fully saturated rings. The van der Waals surface area contributed by atoms with Crippen LogP contribution in [0.3, 0.4) is 0 Å². The number of benzene rings is 1. The highest BCUT2D eigenvalue weighted by atomic mass is 79.9. The van der Waals surface area contributed by atoms with Gasteiger partial charge >= 0.3 is 5.97 Å². The summed E-state index contributed by atoms with van der Waals surface area (Å²) in [6.07, 6.45) is 0. The van der Waals surface area contributed by atoms with Crippen molar-refractivity contribution in [2.75, 3.05) is 0 Å². The molecule has 0 aliphatic carbocycles. The van der Waals surface area contributed by atoms with E-state index >= 15 is 0 Å². The second-order valence-corrected chi connectivity index (χ2v) is 5.25. The first-order chi connectivity index (χ1) is 6.61. The van der Waals surface area contributed by atoms with E-state index in [0.717, 1.165) is 14.6 Å². The van der Waals surface area contributed by atoms with Crippen LogP contribution >= 0.6 is 43.2 Å². The van der Waals surface area contributed by atoms with E-state index in [-0.39, 0.29) is 5.56 Å². The summed E-state index contributed by atoms with van der Waals surface area (Å²) in [4.78, 5) is 10.9. The molecule has 72 valence electrons. The van der Waals surface area contributed by atoms with Crippen molar-refractivity contribution in [2.24, 2.45) is 0 Å². The monoisotopic (exact) mass is 334 g/mol. The normalized spacial score (nSPS) is 10.7. The minimum atomic E-state index is -0.923. The molecule has 2 nitrogen and oxygen atoms in total. The molecule has 14 heavy (non-hydrogen) atoms. The van der Waals surface area contributed by atoms with Crippen molar-refractivity contribution < 1.29 is 9.90 Å². The number of halogens is 2. The maximum absolute atomic E-state index is 10.9. The Bertz CT molecular complexity index is 519. The molecule has 2 aromatic rings. The molecular formula is C9H4Br2O2S. The highest BCUT2D eigenvalue weighted by Gasteiger charge is 2.14. The Morgan fingerprint density at radius 1 is 1.43 bits per heavy atom. The van der Waals surface area contributed by atoms with Crippen molar-refractivity contribution in [3.63, 3.8) is 0 Å². The average Bonchev–Trinajstić information content (AvgIpc) is 2.59. The first kappa shape index (κ1) is 10.1. The number of hydrogen-bond donors (Lipinski definition) is 1. The van der Waals surface area contributed by atoms with Crippen molar-refractivity contribution >= 4 is 59.3 Å². The molecule has 0 unspecified atom stereocenters. The molecule has 0 bridgehead atoms. The molecule has 5 heteroatoms. The van der Waals surface area contributed by atoms with Crippen LogP contribution in [0.25, 0.3) is 10.1 Å². The van der Waals surface area contributed by atoms with Crippen molar-refractivity contribution in [3.05, 3.63) is 32.0 Å². The first-order valence-electron chi connectivity index (χ1n) is 3.69. The minimum Gasteiger partial charge on any atom is -0.478 e. The molecule has 1 aromatic heterocycles. The van der Waals surface area contributed by atoms with Crippen LogP contribution in [0, 0.1) is 0 Å². The fourth-order valence-electron chi connectivity index (χ4n) is 1.21. The van der Waals surface area contributed by atoms with Crippen LogP contribution < -0.4 is 0 Å². The lowest BCUT2D eigenvalue weighted by Gasteiger charge is -2.02. The number of carboxylic acid groups (broad SMARTS) is 1. The molecule has 0 saturated carbocycles. The quantitative estimate of drug-likeness (QED) is 0.851. The lowest BCUT2D eigenvalue weighted by Crippen LogP contribution is -1.97. The third-order valence-electron chi connectivity index (χ3n) is 1.86. The van der Waals surface area contributed by atoms with Gasteiger partial charge in [-0.2, -0.15) is 0 Å². The number of carbonyl (C=O) groups is 1. The molecule has 0 atom stereocenters. The third-order valence-corrected chi connectivity index (χ3v) is 4.53. The van der Waals surface area contributed by atoms with Crippen LogP contribution in [0.1, 0.15) is 10.4 Å². The highest BCUT2D eigenvalue weighted by molar-refractivity contribution is 9.11. The number of rotatable bonds is 1. The summed E-state index contributed by atoms with van der Waals surface area (Å²) in [7, 11) is 0. The van der Waals surface area contributed by atoms with Crippen LogP contribution in [0.2, 0.25) is 0 Å². The smallest absolute Gasteiger partial charge is 0.336 e. The van der Waals surface area contributed by atoms with Crippen molar-refractivity contribution in [1.29, 1.82) is 0 Å². The lowest BCUT2D eigenvalue weighted by molar-refractivity contribution is 0.0696. The van der Waals surface area contributed by atoms with E-state index in [1.165, 1.54) is 11.3 Å². The van der Waals surface area contributed by atoms with Crippen molar-refractivity contribution in [3.8, 4) is 0 Å². The van der Waals surface area contributed by atoms with Gasteiger partial charge in [-0.3, -0.25) is 0 Å². The highest BCUT2D eigenvalue weighted by Crippen LogP contribution is 2.36. The molecule has 1 N–H and O–H groups in total. The summed E-state index contributed by atoms with van der Waals surface area (Å²) in [6, 6.07) is 3.57. The summed E-state index contributed by atoms with van der Waals surface area (Å²) in [5.74, 6) is -0.923. The Morgan fingerprint density at radius 2 is 2.14 bits per heavy atom. The van der Waals surface area contributed by atoms with Gasteiger partial charge in [-0.05, 0) is 33.4 Å². The molecule has 0 radical (unpaired) electrons. The van der Waals surface area contributed by atoms with Gasteiger partial charge in [-0.15, -0.1) is 11.3 Å². The van der Waals surface area contributed by atoms with E-state index < -0.39 is 5.97 Å². The van der Waals surface area contributed by atoms with Gasteiger partial charge in [0.05, 0.1) is 10.3 Å². The fourth-order valence-corrected chi connectivity index (χ4v) is 3.54. The minimum absolute atomic E-state index is 0.284. The first-order valence-corrected chi connectivity index (χ1v) is 6.16. The summed E-state index contributed by atoms with van der Waals surface area (Å²) >= 11 is 8.18. The van der Waals surface area contributed by atoms with E-state index in [1.54, 1.807) is 6.07 Å². The van der Waals surface area contributed by atoms with Crippen LogP contribution in [-0.2, 0) is 0 Å². The summed E-state index contributed by atoms with van der Waals surface area (Å²) in [5, 5.41) is 11.9. The number of thiophene rings is 1. The van der Waals surface area contributed by atoms with Crippen LogP contribution in [0.5, 0.6) is 0 Å². The number of hydrogen-bond acceptors (Lipinski definition) is 2. The second kappa shape index (κ2) is 3.64. The standard InChI is InChI=1S/C9H4Br2O2S/c10-6-3-5(9(12)13)7(11)8-4(6)1-2-14-8/h1-3H,(H,12,13). The largest absolute Gasteiger partial charge is 0.478 e. The molecule has 0 aliphatic heterocycles. The van der Waals surface area contributed by atoms with Gasteiger partial charge in [0, 0.05) is 14.3 Å².